The first-order valence-electron chi connectivity index (χ1n) is 7.95. The third-order valence-electron chi connectivity index (χ3n) is 3.94. The second-order valence-corrected chi connectivity index (χ2v) is 5.95. The van der Waals surface area contributed by atoms with Crippen LogP contribution in [0.3, 0.4) is 0 Å². The van der Waals surface area contributed by atoms with E-state index in [0.29, 0.717) is 5.95 Å². The van der Waals surface area contributed by atoms with Crippen molar-refractivity contribution in [3.8, 4) is 11.3 Å². The van der Waals surface area contributed by atoms with Crippen molar-refractivity contribution in [3.63, 3.8) is 0 Å². The van der Waals surface area contributed by atoms with E-state index in [1.807, 2.05) is 44.2 Å². The van der Waals surface area contributed by atoms with Crippen molar-refractivity contribution in [2.45, 2.75) is 13.8 Å². The summed E-state index contributed by atoms with van der Waals surface area (Å²) in [5.41, 5.74) is 6.30. The molecule has 2 aromatic carbocycles. The average Bonchev–Trinajstić information content (AvgIpc) is 2.98. The van der Waals surface area contributed by atoms with Crippen LogP contribution in [0.1, 0.15) is 11.4 Å². The minimum absolute atomic E-state index is 0.630. The highest BCUT2D eigenvalue weighted by atomic mass is 15.1. The van der Waals surface area contributed by atoms with Gasteiger partial charge in [-0.05, 0) is 49.7 Å². The largest absolute Gasteiger partial charge is 0.355 e. The van der Waals surface area contributed by atoms with Gasteiger partial charge in [-0.2, -0.15) is 0 Å². The highest BCUT2D eigenvalue weighted by molar-refractivity contribution is 5.88. The van der Waals surface area contributed by atoms with E-state index in [1.165, 1.54) is 5.56 Å². The molecule has 118 valence electrons. The number of H-pyrrole nitrogens is 1. The van der Waals surface area contributed by atoms with Gasteiger partial charge in [-0.25, -0.2) is 9.97 Å². The second kappa shape index (κ2) is 5.81. The molecule has 2 N–H and O–H groups in total. The van der Waals surface area contributed by atoms with Crippen LogP contribution in [0.5, 0.6) is 0 Å². The van der Waals surface area contributed by atoms with Gasteiger partial charge in [0.1, 0.15) is 0 Å². The zero-order chi connectivity index (χ0) is 16.5. The maximum absolute atomic E-state index is 4.43. The van der Waals surface area contributed by atoms with Crippen molar-refractivity contribution in [3.05, 3.63) is 72.1 Å². The highest BCUT2D eigenvalue weighted by Gasteiger charge is 2.05. The number of benzene rings is 2. The maximum atomic E-state index is 4.43. The normalized spacial score (nSPS) is 10.9. The highest BCUT2D eigenvalue weighted by Crippen LogP contribution is 2.27. The molecule has 2 heterocycles. The molecule has 0 aliphatic heterocycles. The summed E-state index contributed by atoms with van der Waals surface area (Å²) >= 11 is 0. The summed E-state index contributed by atoms with van der Waals surface area (Å²) in [6, 6.07) is 20.7. The molecule has 0 aliphatic rings. The Morgan fingerprint density at radius 3 is 2.33 bits per heavy atom. The van der Waals surface area contributed by atoms with Gasteiger partial charge in [-0.15, -0.1) is 0 Å². The molecule has 0 unspecified atom stereocenters. The molecule has 2 aromatic heterocycles. The van der Waals surface area contributed by atoms with E-state index in [4.69, 9.17) is 0 Å². The Kier molecular flexibility index (Phi) is 3.50. The molecule has 0 saturated heterocycles. The quantitative estimate of drug-likeness (QED) is 0.560. The maximum Gasteiger partial charge on any atom is 0.227 e. The van der Waals surface area contributed by atoms with E-state index in [2.05, 4.69) is 50.6 Å². The molecule has 0 amide bonds. The first-order valence-corrected chi connectivity index (χ1v) is 7.95. The molecule has 0 atom stereocenters. The Morgan fingerprint density at radius 1 is 0.833 bits per heavy atom. The van der Waals surface area contributed by atoms with Crippen LogP contribution in [0, 0.1) is 13.8 Å². The van der Waals surface area contributed by atoms with Gasteiger partial charge in [0.2, 0.25) is 5.95 Å². The molecular formula is C20H18N4. The minimum Gasteiger partial charge on any atom is -0.355 e. The number of aryl methyl sites for hydroxylation is 2. The lowest BCUT2D eigenvalue weighted by Crippen LogP contribution is -1.99. The summed E-state index contributed by atoms with van der Waals surface area (Å²) < 4.78 is 0. The molecule has 4 nitrogen and oxygen atoms in total. The van der Waals surface area contributed by atoms with E-state index >= 15 is 0 Å². The molecular weight excluding hydrogens is 296 g/mol. The van der Waals surface area contributed by atoms with Gasteiger partial charge in [0, 0.05) is 33.7 Å². The number of fused-ring (bicyclic) bond motifs is 1. The fourth-order valence-electron chi connectivity index (χ4n) is 2.89. The first-order chi connectivity index (χ1) is 11.7. The summed E-state index contributed by atoms with van der Waals surface area (Å²) in [7, 11) is 0. The zero-order valence-electron chi connectivity index (χ0n) is 13.7. The Balaban J connectivity index is 1.68. The Labute approximate surface area is 140 Å². The second-order valence-electron chi connectivity index (χ2n) is 5.95. The van der Waals surface area contributed by atoms with Crippen LogP contribution in [0.2, 0.25) is 0 Å². The van der Waals surface area contributed by atoms with Crippen molar-refractivity contribution in [1.82, 2.24) is 15.0 Å². The summed E-state index contributed by atoms with van der Waals surface area (Å²) in [5.74, 6) is 0.630. The molecule has 4 aromatic rings. The van der Waals surface area contributed by atoms with Gasteiger partial charge in [0.05, 0.1) is 0 Å². The zero-order valence-corrected chi connectivity index (χ0v) is 13.7. The van der Waals surface area contributed by atoms with Crippen LogP contribution in [0.25, 0.3) is 22.2 Å². The summed E-state index contributed by atoms with van der Waals surface area (Å²) in [6.07, 6.45) is 0. The van der Waals surface area contributed by atoms with Crippen molar-refractivity contribution in [1.29, 1.82) is 0 Å². The van der Waals surface area contributed by atoms with Crippen LogP contribution >= 0.6 is 0 Å². The number of rotatable bonds is 3. The number of nitrogens with zero attached hydrogens (tertiary/aromatic N) is 2. The lowest BCUT2D eigenvalue weighted by atomic mass is 10.1. The molecule has 0 spiro atoms. The van der Waals surface area contributed by atoms with Crippen LogP contribution in [-0.4, -0.2) is 15.0 Å². The van der Waals surface area contributed by atoms with Crippen molar-refractivity contribution < 1.29 is 0 Å². The van der Waals surface area contributed by atoms with E-state index in [1.54, 1.807) is 0 Å². The summed E-state index contributed by atoms with van der Waals surface area (Å²) in [6.45, 7) is 3.95. The van der Waals surface area contributed by atoms with Crippen LogP contribution in [0.4, 0.5) is 11.6 Å². The van der Waals surface area contributed by atoms with Gasteiger partial charge in [-0.3, -0.25) is 0 Å². The SMILES string of the molecule is Cc1cc(C)nc(Nc2ccc3[nH]c(-c4ccccc4)cc3c2)n1. The van der Waals surface area contributed by atoms with Gasteiger partial charge >= 0.3 is 0 Å². The third-order valence-corrected chi connectivity index (χ3v) is 3.94. The number of aromatic amines is 1. The number of hydrogen-bond donors (Lipinski definition) is 2. The van der Waals surface area contributed by atoms with Crippen molar-refractivity contribution in [2.24, 2.45) is 0 Å². The molecule has 0 radical (unpaired) electrons. The van der Waals surface area contributed by atoms with Crippen LogP contribution < -0.4 is 5.32 Å². The smallest absolute Gasteiger partial charge is 0.227 e. The number of nitrogens with one attached hydrogen (secondary N) is 2. The average molecular weight is 314 g/mol. The Bertz CT molecular complexity index is 983. The van der Waals surface area contributed by atoms with Gasteiger partial charge in [-0.1, -0.05) is 30.3 Å². The molecule has 4 rings (SSSR count). The third kappa shape index (κ3) is 2.86. The first kappa shape index (κ1) is 14.5. The van der Waals surface area contributed by atoms with E-state index in [0.717, 1.165) is 33.7 Å². The molecule has 0 bridgehead atoms. The van der Waals surface area contributed by atoms with Gasteiger partial charge < -0.3 is 10.3 Å². The monoisotopic (exact) mass is 314 g/mol. The number of hydrogen-bond acceptors (Lipinski definition) is 3. The van der Waals surface area contributed by atoms with E-state index in [-0.39, 0.29) is 0 Å². The molecule has 0 fully saturated rings. The molecule has 24 heavy (non-hydrogen) atoms. The summed E-state index contributed by atoms with van der Waals surface area (Å²) in [4.78, 5) is 12.3. The minimum atomic E-state index is 0.630. The lowest BCUT2D eigenvalue weighted by molar-refractivity contribution is 1.06. The topological polar surface area (TPSA) is 53.6 Å². The Morgan fingerprint density at radius 2 is 1.58 bits per heavy atom. The van der Waals surface area contributed by atoms with Gasteiger partial charge in [0.15, 0.2) is 0 Å². The molecule has 0 aliphatic carbocycles. The van der Waals surface area contributed by atoms with Gasteiger partial charge in [0.25, 0.3) is 0 Å². The Hall–Kier alpha value is -3.14. The van der Waals surface area contributed by atoms with E-state index < -0.39 is 0 Å². The van der Waals surface area contributed by atoms with Crippen LogP contribution in [-0.2, 0) is 0 Å². The number of aromatic nitrogens is 3. The fraction of sp³-hybridized carbons (Fsp3) is 0.100. The predicted molar refractivity (Wildman–Crippen MR) is 98.5 cm³/mol. The molecule has 4 heteroatoms. The van der Waals surface area contributed by atoms with Crippen molar-refractivity contribution >= 4 is 22.5 Å². The lowest BCUT2D eigenvalue weighted by Gasteiger charge is -2.06. The standard InChI is InChI=1S/C20H18N4/c1-13-10-14(2)22-20(21-13)23-17-8-9-18-16(11-17)12-19(24-18)15-6-4-3-5-7-15/h3-12,24H,1-2H3,(H,21,22,23). The van der Waals surface area contributed by atoms with Crippen LogP contribution in [0.15, 0.2) is 60.7 Å². The number of anilines is 2. The summed E-state index contributed by atoms with van der Waals surface area (Å²) in [5, 5.41) is 4.45. The van der Waals surface area contributed by atoms with E-state index in [9.17, 15) is 0 Å². The van der Waals surface area contributed by atoms with Crippen molar-refractivity contribution in [2.75, 3.05) is 5.32 Å². The fourth-order valence-corrected chi connectivity index (χ4v) is 2.89. The predicted octanol–water partition coefficient (Wildman–Crippen LogP) is 4.99. The molecule has 0 saturated carbocycles.